The molecule has 6 rings (SSSR count). The average Bonchev–Trinajstić information content (AvgIpc) is 3.29. The third kappa shape index (κ3) is 11.6. The van der Waals surface area contributed by atoms with Crippen molar-refractivity contribution in [2.75, 3.05) is 87.5 Å². The van der Waals surface area contributed by atoms with Crippen molar-refractivity contribution in [1.29, 1.82) is 0 Å². The van der Waals surface area contributed by atoms with E-state index >= 15 is 8.78 Å². The molecule has 330 valence electrons. The Morgan fingerprint density at radius 2 is 1.69 bits per heavy atom. The molecule has 1 unspecified atom stereocenters. The fourth-order valence-corrected chi connectivity index (χ4v) is 8.40. The SMILES string of the molecule is C=C(CN)CCC(C)N(C)c1ccc(C2CCN(CC(=C)N3CCN(c4ncc(C5=CC(=C)/C(C(=C)c6c(F)ccc(NSN(C)CC)c6F)=C\NN=C5)cn4)CC3)CC2)cc1. The van der Waals surface area contributed by atoms with Crippen molar-refractivity contribution in [2.24, 2.45) is 10.8 Å². The minimum atomic E-state index is -0.741. The van der Waals surface area contributed by atoms with Crippen LogP contribution in [0.1, 0.15) is 62.1 Å². The Balaban J connectivity index is 0.973. The zero-order valence-corrected chi connectivity index (χ0v) is 37.7. The molecule has 3 aliphatic rings. The van der Waals surface area contributed by atoms with Gasteiger partial charge >= 0.3 is 0 Å². The van der Waals surface area contributed by atoms with Crippen molar-refractivity contribution in [3.63, 3.8) is 0 Å². The molecule has 0 aliphatic carbocycles. The summed E-state index contributed by atoms with van der Waals surface area (Å²) in [5.74, 6) is -0.240. The van der Waals surface area contributed by atoms with E-state index in [1.54, 1.807) is 24.7 Å². The molecule has 4 heterocycles. The first kappa shape index (κ1) is 46.2. The summed E-state index contributed by atoms with van der Waals surface area (Å²) < 4.78 is 35.6. The van der Waals surface area contributed by atoms with E-state index < -0.39 is 11.6 Å². The normalized spacial score (nSPS) is 17.7. The number of aromatic nitrogens is 2. The number of anilines is 3. The second kappa shape index (κ2) is 21.7. The lowest BCUT2D eigenvalue weighted by atomic mass is 9.89. The van der Waals surface area contributed by atoms with Crippen LogP contribution in [0.25, 0.3) is 11.1 Å². The van der Waals surface area contributed by atoms with Crippen LogP contribution in [-0.2, 0) is 0 Å². The summed E-state index contributed by atoms with van der Waals surface area (Å²) in [6.45, 7) is 28.6. The van der Waals surface area contributed by atoms with Gasteiger partial charge in [-0.25, -0.2) is 23.1 Å². The smallest absolute Gasteiger partial charge is 0.225 e. The molecule has 11 nitrogen and oxygen atoms in total. The highest BCUT2D eigenvalue weighted by Crippen LogP contribution is 2.36. The predicted molar refractivity (Wildman–Crippen MR) is 257 cm³/mol. The number of benzene rings is 2. The number of halogens is 2. The van der Waals surface area contributed by atoms with E-state index in [1.807, 2.05) is 18.3 Å². The van der Waals surface area contributed by atoms with Gasteiger partial charge in [-0.05, 0) is 106 Å². The minimum Gasteiger partial charge on any atom is -0.372 e. The van der Waals surface area contributed by atoms with Crippen LogP contribution in [0.4, 0.5) is 26.1 Å². The third-order valence-corrected chi connectivity index (χ3v) is 13.1. The highest BCUT2D eigenvalue weighted by Gasteiger charge is 2.26. The molecule has 0 radical (unpaired) electrons. The van der Waals surface area contributed by atoms with Crippen molar-refractivity contribution < 1.29 is 8.78 Å². The van der Waals surface area contributed by atoms with Crippen LogP contribution in [0.3, 0.4) is 0 Å². The maximum atomic E-state index is 15.7. The minimum absolute atomic E-state index is 0.134. The quantitative estimate of drug-likeness (QED) is 0.0849. The summed E-state index contributed by atoms with van der Waals surface area (Å²) >= 11 is 1.22. The highest BCUT2D eigenvalue weighted by molar-refractivity contribution is 7.98. The molecule has 3 aliphatic heterocycles. The Bertz CT molecular complexity index is 2150. The predicted octanol–water partition coefficient (Wildman–Crippen LogP) is 8.44. The lowest BCUT2D eigenvalue weighted by Gasteiger charge is -2.39. The Morgan fingerprint density at radius 1 is 1.00 bits per heavy atom. The molecule has 3 aromatic rings. The number of nitrogens with two attached hydrogens (primary N) is 1. The van der Waals surface area contributed by atoms with Crippen LogP contribution in [0, 0.1) is 11.6 Å². The molecule has 2 saturated heterocycles. The molecular formula is C48H63F2N11S. The van der Waals surface area contributed by atoms with Gasteiger partial charge in [-0.15, -0.1) is 0 Å². The number of nitrogens with one attached hydrogen (secondary N) is 2. The van der Waals surface area contributed by atoms with Gasteiger partial charge in [-0.1, -0.05) is 50.9 Å². The van der Waals surface area contributed by atoms with Gasteiger partial charge in [0.1, 0.15) is 5.82 Å². The molecule has 0 bridgehead atoms. The maximum Gasteiger partial charge on any atom is 0.225 e. The third-order valence-electron chi connectivity index (χ3n) is 12.2. The summed E-state index contributed by atoms with van der Waals surface area (Å²) in [5.41, 5.74) is 15.9. The number of hydrogen-bond donors (Lipinski definition) is 3. The number of allylic oxidation sites excluding steroid dienone is 5. The van der Waals surface area contributed by atoms with Gasteiger partial charge in [0.15, 0.2) is 5.82 Å². The van der Waals surface area contributed by atoms with Crippen LogP contribution in [0.15, 0.2) is 115 Å². The van der Waals surface area contributed by atoms with Gasteiger partial charge in [-0.2, -0.15) is 5.10 Å². The van der Waals surface area contributed by atoms with Crippen molar-refractivity contribution in [2.45, 2.75) is 51.5 Å². The van der Waals surface area contributed by atoms with Crippen LogP contribution in [-0.4, -0.2) is 109 Å². The van der Waals surface area contributed by atoms with Gasteiger partial charge in [0.2, 0.25) is 5.95 Å². The summed E-state index contributed by atoms with van der Waals surface area (Å²) in [4.78, 5) is 18.9. The van der Waals surface area contributed by atoms with Crippen molar-refractivity contribution in [1.82, 2.24) is 29.5 Å². The summed E-state index contributed by atoms with van der Waals surface area (Å²) in [6.07, 6.45) is 12.8. The monoisotopic (exact) mass is 863 g/mol. The number of nitrogens with zero attached hydrogens (tertiary/aromatic N) is 8. The van der Waals surface area contributed by atoms with E-state index in [-0.39, 0.29) is 16.8 Å². The van der Waals surface area contributed by atoms with E-state index in [4.69, 9.17) is 15.7 Å². The highest BCUT2D eigenvalue weighted by atomic mass is 32.2. The zero-order valence-electron chi connectivity index (χ0n) is 36.8. The van der Waals surface area contributed by atoms with Crippen LogP contribution in [0.5, 0.6) is 0 Å². The standard InChI is InChI=1S/C48H63F2N11S/c1-9-57(7)62-56-45-17-16-44(49)46(47(45)50)37(6)43-31-55-54-30-40(26-34(43)3)41-28-52-48(53-29-41)61-24-22-60(23-25-61)36(5)32-59-20-18-39(19-21-59)38-12-14-42(15-13-38)58(8)35(4)11-10-33(2)27-51/h12-17,26,28-31,35,39,55-56H,2-3,5-6,9-11,18-25,27,32,51H2,1,4,7-8H3/b40-26?,43-31+,54-30?. The summed E-state index contributed by atoms with van der Waals surface area (Å²) in [7, 11) is 4.04. The molecule has 2 aromatic carbocycles. The van der Waals surface area contributed by atoms with Crippen molar-refractivity contribution in [3.8, 4) is 0 Å². The Morgan fingerprint density at radius 3 is 2.35 bits per heavy atom. The van der Waals surface area contributed by atoms with E-state index in [2.05, 4.69) is 99.4 Å². The summed E-state index contributed by atoms with van der Waals surface area (Å²) in [6, 6.07) is 12.2. The van der Waals surface area contributed by atoms with Gasteiger partial charge in [0.05, 0.1) is 17.5 Å². The number of piperidine rings is 1. The molecule has 1 aromatic heterocycles. The first-order valence-corrected chi connectivity index (χ1v) is 22.3. The number of rotatable bonds is 18. The average molecular weight is 864 g/mol. The number of hydrogen-bond acceptors (Lipinski definition) is 12. The van der Waals surface area contributed by atoms with Gasteiger partial charge in [-0.3, -0.25) is 10.3 Å². The van der Waals surface area contributed by atoms with Gasteiger partial charge < -0.3 is 25.2 Å². The maximum absolute atomic E-state index is 15.7. The molecule has 0 spiro atoms. The van der Waals surface area contributed by atoms with Crippen molar-refractivity contribution >= 4 is 46.8 Å². The Hall–Kier alpha value is -5.28. The summed E-state index contributed by atoms with van der Waals surface area (Å²) in [5, 5.41) is 4.29. The van der Waals surface area contributed by atoms with E-state index in [0.29, 0.717) is 41.2 Å². The van der Waals surface area contributed by atoms with Crippen molar-refractivity contribution in [3.05, 3.63) is 138 Å². The molecule has 62 heavy (non-hydrogen) atoms. The molecule has 0 amide bonds. The molecule has 14 heteroatoms. The second-order valence-electron chi connectivity index (χ2n) is 16.4. The second-order valence-corrected chi connectivity index (χ2v) is 17.4. The lowest BCUT2D eigenvalue weighted by Crippen LogP contribution is -2.48. The van der Waals surface area contributed by atoms with E-state index in [1.165, 1.54) is 41.7 Å². The van der Waals surface area contributed by atoms with Crippen LogP contribution in [0.2, 0.25) is 0 Å². The fraction of sp³-hybridized carbons (Fsp3) is 0.396. The molecular weight excluding hydrogens is 801 g/mol. The molecule has 4 N–H and O–H groups in total. The topological polar surface area (TPSA) is 104 Å². The van der Waals surface area contributed by atoms with Gasteiger partial charge in [0.25, 0.3) is 0 Å². The van der Waals surface area contributed by atoms with Gasteiger partial charge in [0, 0.05) is 118 Å². The number of piperazine rings is 1. The fourth-order valence-electron chi connectivity index (χ4n) is 7.86. The molecule has 2 fully saturated rings. The zero-order chi connectivity index (χ0) is 44.3. The first-order valence-electron chi connectivity index (χ1n) is 21.5. The van der Waals surface area contributed by atoms with E-state index in [0.717, 1.165) is 94.9 Å². The largest absolute Gasteiger partial charge is 0.372 e. The number of hydrazone groups is 1. The van der Waals surface area contributed by atoms with Crippen LogP contribution < -0.4 is 25.7 Å². The number of likely N-dealkylation sites (tertiary alicyclic amines) is 1. The van der Waals surface area contributed by atoms with E-state index in [9.17, 15) is 0 Å². The lowest BCUT2D eigenvalue weighted by molar-refractivity contribution is 0.201. The Labute approximate surface area is 371 Å². The first-order chi connectivity index (χ1) is 29.9. The molecule has 1 atom stereocenters. The molecule has 0 saturated carbocycles. The Kier molecular flexibility index (Phi) is 16.2. The van der Waals surface area contributed by atoms with Crippen LogP contribution >= 0.6 is 12.1 Å².